The third-order valence-corrected chi connectivity index (χ3v) is 3.32. The van der Waals surface area contributed by atoms with Crippen LogP contribution < -0.4 is 5.32 Å². The molecule has 1 N–H and O–H groups in total. The van der Waals surface area contributed by atoms with Crippen LogP contribution in [0.4, 0.5) is 5.82 Å². The smallest absolute Gasteiger partial charge is 0.131 e. The average Bonchev–Trinajstić information content (AvgIpc) is 2.79. The zero-order chi connectivity index (χ0) is 13.0. The maximum absolute atomic E-state index is 4.46. The number of anilines is 1. The number of pyridine rings is 1. The fraction of sp³-hybridized carbons (Fsp3) is 0.286. The Hall–Kier alpha value is -1.68. The molecule has 0 fully saturated rings. The molecule has 0 atom stereocenters. The molecule has 0 saturated heterocycles. The molecule has 2 rings (SSSR count). The zero-order valence-corrected chi connectivity index (χ0v) is 11.7. The van der Waals surface area contributed by atoms with E-state index in [0.29, 0.717) is 0 Å². The number of aromatic nitrogens is 1. The Balaban J connectivity index is 2.11. The molecule has 0 saturated carbocycles. The molecule has 2 heterocycles. The van der Waals surface area contributed by atoms with Crippen molar-refractivity contribution in [2.45, 2.75) is 20.3 Å². The van der Waals surface area contributed by atoms with Crippen LogP contribution in [0.1, 0.15) is 16.8 Å². The molecular weight excluding hydrogens is 242 g/mol. The van der Waals surface area contributed by atoms with Gasteiger partial charge in [0.2, 0.25) is 0 Å². The van der Waals surface area contributed by atoms with Gasteiger partial charge in [0.1, 0.15) is 11.7 Å². The van der Waals surface area contributed by atoms with E-state index >= 15 is 0 Å². The fourth-order valence-corrected chi connectivity index (χ4v) is 2.49. The molecular formula is C14H17N3S. The minimum absolute atomic E-state index is 0.814. The van der Waals surface area contributed by atoms with Crippen LogP contribution in [-0.4, -0.2) is 17.9 Å². The van der Waals surface area contributed by atoms with Crippen molar-refractivity contribution in [3.05, 3.63) is 45.8 Å². The number of hydrogen-bond acceptors (Lipinski definition) is 3. The van der Waals surface area contributed by atoms with E-state index in [2.05, 4.69) is 45.1 Å². The molecule has 0 bridgehead atoms. The minimum Gasteiger partial charge on any atom is -0.329 e. The number of aliphatic imine (C=N–C) groups is 1. The number of hydrogen-bond donors (Lipinski definition) is 1. The Morgan fingerprint density at radius 1 is 1.39 bits per heavy atom. The Bertz CT molecular complexity index is 524. The largest absolute Gasteiger partial charge is 0.329 e. The summed E-state index contributed by atoms with van der Waals surface area (Å²) in [4.78, 5) is 8.75. The van der Waals surface area contributed by atoms with Crippen molar-refractivity contribution in [2.75, 3.05) is 12.4 Å². The molecule has 0 radical (unpaired) electrons. The summed E-state index contributed by atoms with van der Waals surface area (Å²) in [5.74, 6) is 1.80. The predicted octanol–water partition coefficient (Wildman–Crippen LogP) is 3.44. The van der Waals surface area contributed by atoms with Crippen LogP contribution >= 0.6 is 11.3 Å². The predicted molar refractivity (Wildman–Crippen MR) is 78.7 cm³/mol. The number of thiophene rings is 1. The molecule has 0 aliphatic rings. The highest BCUT2D eigenvalue weighted by Gasteiger charge is 2.04. The number of nitrogens with one attached hydrogen (secondary N) is 1. The fourth-order valence-electron chi connectivity index (χ4n) is 1.82. The lowest BCUT2D eigenvalue weighted by Crippen LogP contribution is -2.16. The van der Waals surface area contributed by atoms with Crippen molar-refractivity contribution in [1.29, 1.82) is 0 Å². The lowest BCUT2D eigenvalue weighted by atomic mass is 10.2. The second kappa shape index (κ2) is 5.78. The first kappa shape index (κ1) is 12.8. The standard InChI is InChI=1S/C14H17N3S/c1-10-6-11(2)16-14(7-10)17-13(15-3)8-12-4-5-18-9-12/h4-7,9H,8H2,1-3H3,(H,15,16,17). The Morgan fingerprint density at radius 2 is 2.22 bits per heavy atom. The second-order valence-corrected chi connectivity index (χ2v) is 5.05. The van der Waals surface area contributed by atoms with Gasteiger partial charge in [0, 0.05) is 19.2 Å². The van der Waals surface area contributed by atoms with Crippen LogP contribution in [0.5, 0.6) is 0 Å². The van der Waals surface area contributed by atoms with Gasteiger partial charge in [-0.2, -0.15) is 11.3 Å². The lowest BCUT2D eigenvalue weighted by Gasteiger charge is -2.09. The van der Waals surface area contributed by atoms with Gasteiger partial charge in [-0.25, -0.2) is 4.98 Å². The van der Waals surface area contributed by atoms with Crippen LogP contribution in [-0.2, 0) is 6.42 Å². The third kappa shape index (κ3) is 3.40. The highest BCUT2D eigenvalue weighted by molar-refractivity contribution is 7.08. The normalized spacial score (nSPS) is 11.6. The maximum atomic E-state index is 4.46. The monoisotopic (exact) mass is 259 g/mol. The molecule has 2 aromatic rings. The van der Waals surface area contributed by atoms with Crippen LogP contribution in [0.25, 0.3) is 0 Å². The van der Waals surface area contributed by atoms with Crippen molar-refractivity contribution >= 4 is 23.0 Å². The molecule has 2 aromatic heterocycles. The Labute approximate surface area is 112 Å². The van der Waals surface area contributed by atoms with E-state index in [1.165, 1.54) is 11.1 Å². The van der Waals surface area contributed by atoms with Crippen molar-refractivity contribution < 1.29 is 0 Å². The van der Waals surface area contributed by atoms with Gasteiger partial charge in [-0.3, -0.25) is 4.99 Å². The summed E-state index contributed by atoms with van der Waals surface area (Å²) < 4.78 is 0. The van der Waals surface area contributed by atoms with E-state index < -0.39 is 0 Å². The molecule has 0 spiro atoms. The summed E-state index contributed by atoms with van der Waals surface area (Å²) in [6.07, 6.45) is 0.814. The summed E-state index contributed by atoms with van der Waals surface area (Å²) >= 11 is 1.70. The van der Waals surface area contributed by atoms with Gasteiger partial charge < -0.3 is 5.32 Å². The SMILES string of the molecule is CN=C(Cc1ccsc1)Nc1cc(C)cc(C)n1. The van der Waals surface area contributed by atoms with Gasteiger partial charge in [0.25, 0.3) is 0 Å². The van der Waals surface area contributed by atoms with E-state index in [1.54, 1.807) is 18.4 Å². The lowest BCUT2D eigenvalue weighted by molar-refractivity contribution is 1.17. The molecule has 0 unspecified atom stereocenters. The second-order valence-electron chi connectivity index (χ2n) is 4.27. The summed E-state index contributed by atoms with van der Waals surface area (Å²) in [5.41, 5.74) is 3.50. The highest BCUT2D eigenvalue weighted by Crippen LogP contribution is 2.12. The van der Waals surface area contributed by atoms with Gasteiger partial charge in [-0.15, -0.1) is 0 Å². The summed E-state index contributed by atoms with van der Waals surface area (Å²) in [6, 6.07) is 6.21. The van der Waals surface area contributed by atoms with E-state index in [1.807, 2.05) is 13.0 Å². The third-order valence-electron chi connectivity index (χ3n) is 2.59. The number of aryl methyl sites for hydroxylation is 2. The van der Waals surface area contributed by atoms with Crippen LogP contribution in [0.2, 0.25) is 0 Å². The molecule has 18 heavy (non-hydrogen) atoms. The topological polar surface area (TPSA) is 37.3 Å². The first-order valence-corrected chi connectivity index (χ1v) is 6.80. The van der Waals surface area contributed by atoms with Gasteiger partial charge in [0.05, 0.1) is 0 Å². The quantitative estimate of drug-likeness (QED) is 0.677. The molecule has 0 aliphatic heterocycles. The number of nitrogens with zero attached hydrogens (tertiary/aromatic N) is 2. The van der Waals surface area contributed by atoms with Gasteiger partial charge in [-0.05, 0) is 53.9 Å². The number of amidine groups is 1. The molecule has 0 aromatic carbocycles. The van der Waals surface area contributed by atoms with Crippen LogP contribution in [0, 0.1) is 13.8 Å². The van der Waals surface area contributed by atoms with Crippen LogP contribution in [0.3, 0.4) is 0 Å². The highest BCUT2D eigenvalue weighted by atomic mass is 32.1. The van der Waals surface area contributed by atoms with Crippen LogP contribution in [0.15, 0.2) is 34.0 Å². The van der Waals surface area contributed by atoms with Crippen molar-refractivity contribution in [3.63, 3.8) is 0 Å². The summed E-state index contributed by atoms with van der Waals surface area (Å²) in [6.45, 7) is 4.07. The van der Waals surface area contributed by atoms with Gasteiger partial charge >= 0.3 is 0 Å². The van der Waals surface area contributed by atoms with Crippen molar-refractivity contribution in [1.82, 2.24) is 4.98 Å². The summed E-state index contributed by atoms with van der Waals surface area (Å²) in [5, 5.41) is 7.51. The number of rotatable bonds is 3. The molecule has 0 amide bonds. The first-order chi connectivity index (χ1) is 8.67. The molecule has 94 valence electrons. The molecule has 3 nitrogen and oxygen atoms in total. The summed E-state index contributed by atoms with van der Waals surface area (Å²) in [7, 11) is 1.80. The molecule has 0 aliphatic carbocycles. The minimum atomic E-state index is 0.814. The Kier molecular flexibility index (Phi) is 4.10. The first-order valence-electron chi connectivity index (χ1n) is 5.86. The Morgan fingerprint density at radius 3 is 2.83 bits per heavy atom. The van der Waals surface area contributed by atoms with E-state index in [-0.39, 0.29) is 0 Å². The van der Waals surface area contributed by atoms with E-state index in [9.17, 15) is 0 Å². The van der Waals surface area contributed by atoms with Gasteiger partial charge in [0.15, 0.2) is 0 Å². The average molecular weight is 259 g/mol. The van der Waals surface area contributed by atoms with E-state index in [0.717, 1.165) is 23.8 Å². The van der Waals surface area contributed by atoms with Gasteiger partial charge in [-0.1, -0.05) is 0 Å². The van der Waals surface area contributed by atoms with Crippen molar-refractivity contribution in [2.24, 2.45) is 4.99 Å². The molecule has 4 heteroatoms. The maximum Gasteiger partial charge on any atom is 0.131 e. The zero-order valence-electron chi connectivity index (χ0n) is 10.9. The van der Waals surface area contributed by atoms with E-state index in [4.69, 9.17) is 0 Å². The van der Waals surface area contributed by atoms with Crippen molar-refractivity contribution in [3.8, 4) is 0 Å².